The van der Waals surface area contributed by atoms with Crippen molar-refractivity contribution in [3.8, 4) is 0 Å². The van der Waals surface area contributed by atoms with Crippen LogP contribution in [0.1, 0.15) is 54.5 Å². The number of nitrogens with zero attached hydrogens (tertiary/aromatic N) is 4. The summed E-state index contributed by atoms with van der Waals surface area (Å²) in [6.45, 7) is 5.01. The summed E-state index contributed by atoms with van der Waals surface area (Å²) < 4.78 is 0. The summed E-state index contributed by atoms with van der Waals surface area (Å²) in [4.78, 5) is 33.5. The number of likely N-dealkylation sites (tertiary alicyclic amines) is 2. The maximum absolute atomic E-state index is 12.7. The minimum atomic E-state index is 0.00898. The van der Waals surface area contributed by atoms with Gasteiger partial charge in [-0.25, -0.2) is 0 Å². The van der Waals surface area contributed by atoms with Gasteiger partial charge in [0.15, 0.2) is 0 Å². The number of aryl methyl sites for hydroxylation is 1. The number of hydrogen-bond acceptors (Lipinski definition) is 4. The number of rotatable bonds is 5. The molecule has 0 bridgehead atoms. The summed E-state index contributed by atoms with van der Waals surface area (Å²) >= 11 is 0. The number of hydrogen-bond donors (Lipinski definition) is 1. The van der Waals surface area contributed by atoms with Crippen LogP contribution in [-0.4, -0.2) is 63.0 Å². The van der Waals surface area contributed by atoms with Crippen LogP contribution in [0.5, 0.6) is 0 Å². The first-order valence-electron chi connectivity index (χ1n) is 10.6. The zero-order valence-corrected chi connectivity index (χ0v) is 17.1. The molecule has 0 aliphatic carbocycles. The van der Waals surface area contributed by atoms with E-state index in [1.54, 1.807) is 6.20 Å². The highest BCUT2D eigenvalue weighted by molar-refractivity contribution is 5.92. The maximum atomic E-state index is 12.7. The lowest BCUT2D eigenvalue weighted by molar-refractivity contribution is -0.138. The van der Waals surface area contributed by atoms with Gasteiger partial charge in [-0.15, -0.1) is 0 Å². The molecule has 29 heavy (non-hydrogen) atoms. The lowest BCUT2D eigenvalue weighted by Gasteiger charge is -2.47. The Labute approximate surface area is 171 Å². The van der Waals surface area contributed by atoms with Gasteiger partial charge >= 0.3 is 0 Å². The minimum Gasteiger partial charge on any atom is -0.342 e. The van der Waals surface area contributed by atoms with Gasteiger partial charge in [0.25, 0.3) is 5.91 Å². The van der Waals surface area contributed by atoms with Gasteiger partial charge in [0, 0.05) is 56.6 Å². The first-order chi connectivity index (χ1) is 14.1. The normalized spacial score (nSPS) is 19.0. The van der Waals surface area contributed by atoms with Crippen molar-refractivity contribution in [1.29, 1.82) is 0 Å². The van der Waals surface area contributed by atoms with E-state index in [4.69, 9.17) is 0 Å². The van der Waals surface area contributed by atoms with Gasteiger partial charge in [-0.1, -0.05) is 13.0 Å². The van der Waals surface area contributed by atoms with Crippen LogP contribution in [0, 0.1) is 5.41 Å². The Morgan fingerprint density at radius 1 is 1.24 bits per heavy atom. The second kappa shape index (κ2) is 8.35. The molecule has 2 aliphatic rings. The van der Waals surface area contributed by atoms with Crippen LogP contribution in [0.2, 0.25) is 0 Å². The molecule has 0 saturated carbocycles. The molecular weight excluding hydrogens is 366 g/mol. The van der Waals surface area contributed by atoms with Crippen LogP contribution in [0.3, 0.4) is 0 Å². The van der Waals surface area contributed by atoms with Crippen LogP contribution in [0.25, 0.3) is 0 Å². The van der Waals surface area contributed by atoms with Gasteiger partial charge in [0.05, 0.1) is 0 Å². The van der Waals surface area contributed by atoms with Crippen LogP contribution in [-0.2, 0) is 17.6 Å². The fraction of sp³-hybridized carbons (Fsp3) is 0.545. The fourth-order valence-corrected chi connectivity index (χ4v) is 4.51. The minimum absolute atomic E-state index is 0.00898. The summed E-state index contributed by atoms with van der Waals surface area (Å²) in [7, 11) is 0. The molecule has 2 aromatic rings. The molecule has 0 unspecified atom stereocenters. The van der Waals surface area contributed by atoms with Crippen molar-refractivity contribution in [2.45, 2.75) is 45.4 Å². The van der Waals surface area contributed by atoms with Crippen LogP contribution in [0.4, 0.5) is 0 Å². The number of H-pyrrole nitrogens is 1. The zero-order valence-electron chi connectivity index (χ0n) is 17.1. The average molecular weight is 396 g/mol. The zero-order chi connectivity index (χ0) is 20.3. The Balaban J connectivity index is 1.34. The van der Waals surface area contributed by atoms with Crippen molar-refractivity contribution in [3.05, 3.63) is 47.5 Å². The topological polar surface area (TPSA) is 82.2 Å². The molecule has 2 fully saturated rings. The van der Waals surface area contributed by atoms with E-state index >= 15 is 0 Å². The fourth-order valence-electron chi connectivity index (χ4n) is 4.51. The van der Waals surface area contributed by atoms with E-state index in [-0.39, 0.29) is 17.2 Å². The number of carbonyl (C=O) groups excluding carboxylic acids is 2. The lowest BCUT2D eigenvalue weighted by atomic mass is 9.72. The molecule has 7 heteroatoms. The van der Waals surface area contributed by atoms with Crippen molar-refractivity contribution in [3.63, 3.8) is 0 Å². The van der Waals surface area contributed by atoms with E-state index in [1.165, 1.54) is 0 Å². The maximum Gasteiger partial charge on any atom is 0.274 e. The van der Waals surface area contributed by atoms with E-state index in [1.807, 2.05) is 41.0 Å². The number of carbonyl (C=O) groups is 2. The van der Waals surface area contributed by atoms with Gasteiger partial charge in [-0.3, -0.25) is 19.7 Å². The molecule has 7 nitrogen and oxygen atoms in total. The van der Waals surface area contributed by atoms with Crippen LogP contribution < -0.4 is 0 Å². The second-order valence-electron chi connectivity index (χ2n) is 8.31. The number of amides is 2. The first-order valence-corrected chi connectivity index (χ1v) is 10.6. The third kappa shape index (κ3) is 4.33. The standard InChI is InChI=1S/C22H29N5O2/c1-2-17-15-19(25-24-17)21(29)26-13-9-22(10-14-26)8-6-20(28)27(16-22)12-7-18-5-3-4-11-23-18/h3-5,11,15H,2,6-10,12-14,16H2,1H3,(H,24,25). The summed E-state index contributed by atoms with van der Waals surface area (Å²) in [5, 5.41) is 7.09. The number of aromatic nitrogens is 3. The Morgan fingerprint density at radius 2 is 2.07 bits per heavy atom. The molecule has 4 heterocycles. The molecule has 0 atom stereocenters. The van der Waals surface area contributed by atoms with E-state index in [2.05, 4.69) is 15.2 Å². The van der Waals surface area contributed by atoms with Gasteiger partial charge in [-0.2, -0.15) is 5.10 Å². The average Bonchev–Trinajstić information content (AvgIpc) is 3.25. The van der Waals surface area contributed by atoms with Crippen LogP contribution >= 0.6 is 0 Å². The van der Waals surface area contributed by atoms with E-state index < -0.39 is 0 Å². The Hall–Kier alpha value is -2.70. The lowest BCUT2D eigenvalue weighted by Crippen LogP contribution is -2.52. The molecule has 0 radical (unpaired) electrons. The summed E-state index contributed by atoms with van der Waals surface area (Å²) in [5.41, 5.74) is 2.64. The van der Waals surface area contributed by atoms with E-state index in [0.717, 1.165) is 63.1 Å². The smallest absolute Gasteiger partial charge is 0.274 e. The quantitative estimate of drug-likeness (QED) is 0.843. The van der Waals surface area contributed by atoms with Gasteiger partial charge < -0.3 is 9.80 Å². The van der Waals surface area contributed by atoms with E-state index in [9.17, 15) is 9.59 Å². The van der Waals surface area contributed by atoms with Crippen molar-refractivity contribution in [1.82, 2.24) is 25.0 Å². The molecule has 1 spiro atoms. The highest BCUT2D eigenvalue weighted by Crippen LogP contribution is 2.40. The van der Waals surface area contributed by atoms with Crippen molar-refractivity contribution < 1.29 is 9.59 Å². The predicted molar refractivity (Wildman–Crippen MR) is 109 cm³/mol. The predicted octanol–water partition coefficient (Wildman–Crippen LogP) is 2.45. The number of piperidine rings is 2. The molecule has 1 N–H and O–H groups in total. The van der Waals surface area contributed by atoms with Gasteiger partial charge in [0.2, 0.25) is 5.91 Å². The molecule has 2 amide bonds. The molecule has 2 aliphatic heterocycles. The van der Waals surface area contributed by atoms with E-state index in [0.29, 0.717) is 18.7 Å². The van der Waals surface area contributed by atoms with Crippen molar-refractivity contribution in [2.75, 3.05) is 26.2 Å². The molecule has 2 aromatic heterocycles. The summed E-state index contributed by atoms with van der Waals surface area (Å²) in [6.07, 6.45) is 6.84. The summed E-state index contributed by atoms with van der Waals surface area (Å²) in [5.74, 6) is 0.253. The Bertz CT molecular complexity index is 855. The Morgan fingerprint density at radius 3 is 2.76 bits per heavy atom. The number of pyridine rings is 1. The SMILES string of the molecule is CCc1cc(C(=O)N2CCC3(CCC(=O)N(CCc4ccccn4)C3)CC2)n[nH]1. The summed E-state index contributed by atoms with van der Waals surface area (Å²) in [6, 6.07) is 7.75. The molecule has 154 valence electrons. The van der Waals surface area contributed by atoms with Gasteiger partial charge in [-0.05, 0) is 49.3 Å². The van der Waals surface area contributed by atoms with Crippen molar-refractivity contribution in [2.24, 2.45) is 5.41 Å². The largest absolute Gasteiger partial charge is 0.342 e. The Kier molecular flexibility index (Phi) is 5.65. The monoisotopic (exact) mass is 395 g/mol. The first kappa shape index (κ1) is 19.6. The van der Waals surface area contributed by atoms with Gasteiger partial charge in [0.1, 0.15) is 5.69 Å². The molecule has 4 rings (SSSR count). The number of aromatic amines is 1. The highest BCUT2D eigenvalue weighted by Gasteiger charge is 2.41. The van der Waals surface area contributed by atoms with Crippen molar-refractivity contribution >= 4 is 11.8 Å². The van der Waals surface area contributed by atoms with Crippen LogP contribution in [0.15, 0.2) is 30.5 Å². The third-order valence-electron chi connectivity index (χ3n) is 6.45. The number of nitrogens with one attached hydrogen (secondary N) is 1. The molecular formula is C22H29N5O2. The molecule has 0 aromatic carbocycles. The highest BCUT2D eigenvalue weighted by atomic mass is 16.2. The third-order valence-corrected chi connectivity index (χ3v) is 6.45. The second-order valence-corrected chi connectivity index (χ2v) is 8.31. The molecule has 2 saturated heterocycles.